The summed E-state index contributed by atoms with van der Waals surface area (Å²) in [5.74, 6) is 0.121. The Hall–Kier alpha value is -3.50. The molecule has 3 aromatic rings. The minimum absolute atomic E-state index is 0.208. The summed E-state index contributed by atoms with van der Waals surface area (Å²) in [6, 6.07) is 14.0. The predicted octanol–water partition coefficient (Wildman–Crippen LogP) is 3.68. The molecule has 0 unspecified atom stereocenters. The van der Waals surface area contributed by atoms with Gasteiger partial charge in [-0.25, -0.2) is 13.8 Å². The van der Waals surface area contributed by atoms with Crippen molar-refractivity contribution in [3.05, 3.63) is 70.5 Å². The summed E-state index contributed by atoms with van der Waals surface area (Å²) in [7, 11) is -0.907. The Morgan fingerprint density at radius 2 is 1.89 bits per heavy atom. The maximum atomic E-state index is 12.6. The van der Waals surface area contributed by atoms with E-state index in [0.717, 1.165) is 33.2 Å². The van der Waals surface area contributed by atoms with E-state index in [4.69, 9.17) is 21.1 Å². The zero-order valence-corrected chi connectivity index (χ0v) is 21.6. The standard InChI is InChI=1S/C24H27ClN4O5S/c1-16-11-18(17(2)29(16)20-8-6-7-19(25)12-20)14-26-27-24(30)15-28(35(5,31)32)22-10-9-21(33-3)13-23(22)34-4/h6-14H,15H2,1-5H3,(H,27,30)/b26-14+. The number of aryl methyl sites for hydroxylation is 1. The molecule has 1 aromatic heterocycles. The highest BCUT2D eigenvalue weighted by molar-refractivity contribution is 7.92. The average molecular weight is 519 g/mol. The first-order chi connectivity index (χ1) is 16.5. The molecule has 0 saturated carbocycles. The van der Waals surface area contributed by atoms with Crippen LogP contribution in [-0.2, 0) is 14.8 Å². The zero-order chi connectivity index (χ0) is 25.8. The Morgan fingerprint density at radius 1 is 1.14 bits per heavy atom. The summed E-state index contributed by atoms with van der Waals surface area (Å²) in [5, 5.41) is 4.66. The lowest BCUT2D eigenvalue weighted by atomic mass is 10.2. The van der Waals surface area contributed by atoms with Crippen molar-refractivity contribution >= 4 is 39.4 Å². The third-order valence-electron chi connectivity index (χ3n) is 5.27. The molecule has 0 saturated heterocycles. The molecule has 0 radical (unpaired) electrons. The molecule has 2 aromatic carbocycles. The molecule has 0 spiro atoms. The third-order valence-corrected chi connectivity index (χ3v) is 6.63. The van der Waals surface area contributed by atoms with Crippen LogP contribution in [0.3, 0.4) is 0 Å². The van der Waals surface area contributed by atoms with Crippen molar-refractivity contribution in [3.8, 4) is 17.2 Å². The van der Waals surface area contributed by atoms with Crippen LogP contribution in [0.4, 0.5) is 5.69 Å². The summed E-state index contributed by atoms with van der Waals surface area (Å²) in [5.41, 5.74) is 6.18. The van der Waals surface area contributed by atoms with Crippen molar-refractivity contribution in [3.63, 3.8) is 0 Å². The number of methoxy groups -OCH3 is 2. The van der Waals surface area contributed by atoms with Crippen LogP contribution in [0.2, 0.25) is 5.02 Å². The van der Waals surface area contributed by atoms with Crippen LogP contribution in [0.5, 0.6) is 11.5 Å². The van der Waals surface area contributed by atoms with Crippen LogP contribution in [0.1, 0.15) is 17.0 Å². The molecule has 0 fully saturated rings. The summed E-state index contributed by atoms with van der Waals surface area (Å²) in [6.45, 7) is 3.40. The molecule has 1 heterocycles. The molecule has 0 aliphatic rings. The second-order valence-electron chi connectivity index (χ2n) is 7.74. The van der Waals surface area contributed by atoms with Crippen molar-refractivity contribution in [2.24, 2.45) is 5.10 Å². The summed E-state index contributed by atoms with van der Waals surface area (Å²) >= 11 is 6.13. The number of aromatic nitrogens is 1. The van der Waals surface area contributed by atoms with Crippen molar-refractivity contribution < 1.29 is 22.7 Å². The molecule has 0 bridgehead atoms. The van der Waals surface area contributed by atoms with E-state index >= 15 is 0 Å². The first-order valence-corrected chi connectivity index (χ1v) is 12.7. The fourth-order valence-electron chi connectivity index (χ4n) is 3.64. The highest BCUT2D eigenvalue weighted by Gasteiger charge is 2.24. The topological polar surface area (TPSA) is 102 Å². The molecule has 1 amide bonds. The van der Waals surface area contributed by atoms with Gasteiger partial charge in [0, 0.05) is 33.7 Å². The van der Waals surface area contributed by atoms with Gasteiger partial charge in [-0.05, 0) is 50.2 Å². The first-order valence-electron chi connectivity index (χ1n) is 10.5. The van der Waals surface area contributed by atoms with Crippen LogP contribution in [0, 0.1) is 13.8 Å². The van der Waals surface area contributed by atoms with E-state index in [1.165, 1.54) is 26.5 Å². The van der Waals surface area contributed by atoms with Gasteiger partial charge in [0.15, 0.2) is 0 Å². The second kappa shape index (κ2) is 10.8. The minimum atomic E-state index is -3.80. The number of nitrogens with zero attached hydrogens (tertiary/aromatic N) is 3. The van der Waals surface area contributed by atoms with Crippen molar-refractivity contribution in [1.29, 1.82) is 0 Å². The van der Waals surface area contributed by atoms with Gasteiger partial charge in [-0.3, -0.25) is 9.10 Å². The lowest BCUT2D eigenvalue weighted by Gasteiger charge is -2.23. The summed E-state index contributed by atoms with van der Waals surface area (Å²) in [6.07, 6.45) is 2.53. The highest BCUT2D eigenvalue weighted by atomic mass is 35.5. The molecule has 9 nitrogen and oxygen atoms in total. The number of benzene rings is 2. The van der Waals surface area contributed by atoms with Gasteiger partial charge < -0.3 is 14.0 Å². The fourth-order valence-corrected chi connectivity index (χ4v) is 4.69. The van der Waals surface area contributed by atoms with Gasteiger partial charge in [-0.15, -0.1) is 0 Å². The lowest BCUT2D eigenvalue weighted by molar-refractivity contribution is -0.119. The molecule has 0 aliphatic carbocycles. The molecule has 35 heavy (non-hydrogen) atoms. The quantitative estimate of drug-likeness (QED) is 0.344. The third kappa shape index (κ3) is 6.14. The number of hydrazone groups is 1. The second-order valence-corrected chi connectivity index (χ2v) is 10.1. The average Bonchev–Trinajstić information content (AvgIpc) is 3.09. The number of anilines is 1. The molecule has 186 valence electrons. The predicted molar refractivity (Wildman–Crippen MR) is 138 cm³/mol. The molecular weight excluding hydrogens is 492 g/mol. The molecular formula is C24H27ClN4O5S. The number of amides is 1. The normalized spacial score (nSPS) is 11.5. The van der Waals surface area contributed by atoms with Gasteiger partial charge in [0.25, 0.3) is 5.91 Å². The largest absolute Gasteiger partial charge is 0.497 e. The van der Waals surface area contributed by atoms with Gasteiger partial charge in [-0.1, -0.05) is 17.7 Å². The monoisotopic (exact) mass is 518 g/mol. The number of hydrogen-bond acceptors (Lipinski definition) is 6. The van der Waals surface area contributed by atoms with Crippen LogP contribution < -0.4 is 19.2 Å². The van der Waals surface area contributed by atoms with Gasteiger partial charge in [-0.2, -0.15) is 5.10 Å². The fraction of sp³-hybridized carbons (Fsp3) is 0.250. The maximum absolute atomic E-state index is 12.6. The van der Waals surface area contributed by atoms with E-state index in [1.807, 2.05) is 42.7 Å². The molecule has 0 aliphatic heterocycles. The van der Waals surface area contributed by atoms with Crippen molar-refractivity contribution in [1.82, 2.24) is 9.99 Å². The van der Waals surface area contributed by atoms with Crippen molar-refractivity contribution in [2.45, 2.75) is 13.8 Å². The van der Waals surface area contributed by atoms with Gasteiger partial charge in [0.1, 0.15) is 18.0 Å². The molecule has 1 N–H and O–H groups in total. The number of carbonyl (C=O) groups excluding carboxylic acids is 1. The van der Waals surface area contributed by atoms with E-state index in [2.05, 4.69) is 10.5 Å². The van der Waals surface area contributed by atoms with Crippen molar-refractivity contribution in [2.75, 3.05) is 31.3 Å². The Morgan fingerprint density at radius 3 is 2.51 bits per heavy atom. The minimum Gasteiger partial charge on any atom is -0.497 e. The number of sulfonamides is 1. The summed E-state index contributed by atoms with van der Waals surface area (Å²) < 4.78 is 38.3. The van der Waals surface area contributed by atoms with Crippen LogP contribution >= 0.6 is 11.6 Å². The van der Waals surface area contributed by atoms with E-state index < -0.39 is 22.5 Å². The Balaban J connectivity index is 1.78. The number of carbonyl (C=O) groups is 1. The number of halogens is 1. The van der Waals surface area contributed by atoms with Crippen LogP contribution in [0.15, 0.2) is 53.6 Å². The van der Waals surface area contributed by atoms with Gasteiger partial charge in [0.2, 0.25) is 10.0 Å². The number of rotatable bonds is 9. The van der Waals surface area contributed by atoms with E-state index in [0.29, 0.717) is 10.8 Å². The summed E-state index contributed by atoms with van der Waals surface area (Å²) in [4.78, 5) is 12.6. The van der Waals surface area contributed by atoms with Gasteiger partial charge >= 0.3 is 0 Å². The zero-order valence-electron chi connectivity index (χ0n) is 20.1. The Kier molecular flexibility index (Phi) is 8.08. The molecule has 3 rings (SSSR count). The lowest BCUT2D eigenvalue weighted by Crippen LogP contribution is -2.39. The smallest absolute Gasteiger partial charge is 0.260 e. The number of ether oxygens (including phenoxy) is 2. The SMILES string of the molecule is COc1ccc(N(CC(=O)N/N=C/c2cc(C)n(-c3cccc(Cl)c3)c2C)S(C)(=O)=O)c(OC)c1. The molecule has 0 atom stereocenters. The van der Waals surface area contributed by atoms with Crippen LogP contribution in [0.25, 0.3) is 5.69 Å². The van der Waals surface area contributed by atoms with E-state index in [9.17, 15) is 13.2 Å². The molecule has 11 heteroatoms. The number of hydrogen-bond donors (Lipinski definition) is 1. The van der Waals surface area contributed by atoms with E-state index in [1.54, 1.807) is 18.2 Å². The van der Waals surface area contributed by atoms with Crippen LogP contribution in [-0.4, -0.2) is 52.1 Å². The highest BCUT2D eigenvalue weighted by Crippen LogP contribution is 2.33. The Labute approximate surface area is 210 Å². The van der Waals surface area contributed by atoms with E-state index in [-0.39, 0.29) is 11.4 Å². The Bertz CT molecular complexity index is 1370. The number of nitrogens with one attached hydrogen (secondary N) is 1. The first kappa shape index (κ1) is 26.1. The maximum Gasteiger partial charge on any atom is 0.260 e. The van der Waals surface area contributed by atoms with Gasteiger partial charge in [0.05, 0.1) is 32.4 Å².